The number of alkyl halides is 1. The first-order chi connectivity index (χ1) is 7.11. The second-order valence-electron chi connectivity index (χ2n) is 3.26. The third-order valence-electron chi connectivity index (χ3n) is 2.21. The van der Waals surface area contributed by atoms with Crippen LogP contribution in [0, 0.1) is 0 Å². The number of halogens is 1. The molecule has 1 heterocycles. The lowest BCUT2D eigenvalue weighted by molar-refractivity contribution is -0.299. The Morgan fingerprint density at radius 1 is 1.13 bits per heavy atom. The number of ether oxygens (including phenoxy) is 2. The fourth-order valence-corrected chi connectivity index (χ4v) is 1.62. The van der Waals surface area contributed by atoms with E-state index in [9.17, 15) is 15.3 Å². The van der Waals surface area contributed by atoms with Gasteiger partial charge in [-0.2, -0.15) is 0 Å². The normalized spacial score (nSPS) is 41.8. The molecule has 5 atom stereocenters. The SMILES string of the molecule is OC[C@H]1OC(OCC[124I])[C@@H](O)[C@@H](O)[C@@H]1O. The van der Waals surface area contributed by atoms with Crippen molar-refractivity contribution in [3.8, 4) is 0 Å². The van der Waals surface area contributed by atoms with Crippen LogP contribution in [0.3, 0.4) is 0 Å². The van der Waals surface area contributed by atoms with Crippen molar-refractivity contribution in [3.63, 3.8) is 0 Å². The summed E-state index contributed by atoms with van der Waals surface area (Å²) >= 11 is 2.09. The zero-order valence-electron chi connectivity index (χ0n) is 7.99. The molecule has 0 aromatic rings. The average molecular weight is 331 g/mol. The number of rotatable bonds is 4. The van der Waals surface area contributed by atoms with Crippen molar-refractivity contribution in [2.45, 2.75) is 30.7 Å². The van der Waals surface area contributed by atoms with Gasteiger partial charge in [-0.15, -0.1) is 0 Å². The Labute approximate surface area is 101 Å². The predicted octanol–water partition coefficient (Wildman–Crippen LogP) is -1.76. The van der Waals surface area contributed by atoms with Gasteiger partial charge in [-0.25, -0.2) is 0 Å². The molecular formula is C8H15IO6. The van der Waals surface area contributed by atoms with E-state index in [-0.39, 0.29) is 0 Å². The Balaban J connectivity index is 2.57. The first kappa shape index (κ1) is 13.6. The lowest BCUT2D eigenvalue weighted by Gasteiger charge is -2.39. The molecule has 1 fully saturated rings. The molecule has 0 aliphatic carbocycles. The van der Waals surface area contributed by atoms with Crippen LogP contribution in [0.15, 0.2) is 0 Å². The van der Waals surface area contributed by atoms with Crippen LogP contribution < -0.4 is 0 Å². The van der Waals surface area contributed by atoms with Gasteiger partial charge in [0.25, 0.3) is 0 Å². The van der Waals surface area contributed by atoms with Gasteiger partial charge in [0.1, 0.15) is 24.4 Å². The summed E-state index contributed by atoms with van der Waals surface area (Å²) in [6.07, 6.45) is -5.90. The molecule has 15 heavy (non-hydrogen) atoms. The molecule has 1 aliphatic heterocycles. The molecule has 0 saturated carbocycles. The predicted molar refractivity (Wildman–Crippen MR) is 58.6 cm³/mol. The summed E-state index contributed by atoms with van der Waals surface area (Å²) in [5.74, 6) is 0. The van der Waals surface area contributed by atoms with E-state index < -0.39 is 37.3 Å². The minimum absolute atomic E-state index is 0.364. The van der Waals surface area contributed by atoms with Crippen LogP contribution >= 0.6 is 22.6 Å². The molecule has 7 heteroatoms. The van der Waals surface area contributed by atoms with Gasteiger partial charge >= 0.3 is 0 Å². The molecule has 0 bridgehead atoms. The highest BCUT2D eigenvalue weighted by molar-refractivity contribution is 14.1. The standard InChI is InChI=1S/C8H15IO6/c9-1-2-14-8-7(13)6(12)5(11)4(3-10)15-8/h4-8,10-13H,1-3H2/t4-,5-,6+,7+,8?/m1/s1/i9-3. The van der Waals surface area contributed by atoms with Crippen LogP contribution in [-0.2, 0) is 9.47 Å². The second-order valence-corrected chi connectivity index (χ2v) is 4.34. The lowest BCUT2D eigenvalue weighted by atomic mass is 9.99. The fraction of sp³-hybridized carbons (Fsp3) is 1.00. The number of hydrogen-bond donors (Lipinski definition) is 4. The first-order valence-electron chi connectivity index (χ1n) is 4.60. The van der Waals surface area contributed by atoms with E-state index in [1.165, 1.54) is 0 Å². The van der Waals surface area contributed by atoms with Crippen LogP contribution in [0.1, 0.15) is 0 Å². The highest BCUT2D eigenvalue weighted by atomic mass is 124. The summed E-state index contributed by atoms with van der Waals surface area (Å²) in [4.78, 5) is 0. The second kappa shape index (κ2) is 6.28. The van der Waals surface area contributed by atoms with Crippen molar-refractivity contribution >= 4 is 22.6 Å². The molecule has 0 aromatic carbocycles. The third-order valence-corrected chi connectivity index (χ3v) is 2.65. The molecule has 0 spiro atoms. The molecule has 0 aromatic heterocycles. The van der Waals surface area contributed by atoms with Crippen molar-refractivity contribution in [2.24, 2.45) is 0 Å². The molecule has 0 amide bonds. The topological polar surface area (TPSA) is 99.4 Å². The summed E-state index contributed by atoms with van der Waals surface area (Å²) in [6, 6.07) is 0. The zero-order valence-corrected chi connectivity index (χ0v) is 10.1. The van der Waals surface area contributed by atoms with E-state index in [4.69, 9.17) is 14.6 Å². The van der Waals surface area contributed by atoms with Gasteiger partial charge in [-0.05, 0) is 0 Å². The Morgan fingerprint density at radius 3 is 2.33 bits per heavy atom. The quantitative estimate of drug-likeness (QED) is 0.360. The van der Waals surface area contributed by atoms with E-state index in [2.05, 4.69) is 22.6 Å². The van der Waals surface area contributed by atoms with Crippen LogP contribution in [0.5, 0.6) is 0 Å². The van der Waals surface area contributed by atoms with Gasteiger partial charge in [-0.3, -0.25) is 0 Å². The zero-order chi connectivity index (χ0) is 11.4. The molecule has 1 saturated heterocycles. The maximum absolute atomic E-state index is 9.50. The Bertz CT molecular complexity index is 190. The number of hydrogen-bond acceptors (Lipinski definition) is 6. The van der Waals surface area contributed by atoms with Gasteiger partial charge in [0.05, 0.1) is 13.2 Å². The number of aliphatic hydroxyl groups excluding tert-OH is 4. The smallest absolute Gasteiger partial charge is 0.186 e. The molecule has 1 unspecified atom stereocenters. The summed E-state index contributed by atoms with van der Waals surface area (Å²) in [5, 5.41) is 37.2. The molecule has 0 radical (unpaired) electrons. The van der Waals surface area contributed by atoms with Gasteiger partial charge in [-0.1, -0.05) is 22.6 Å². The van der Waals surface area contributed by atoms with Crippen molar-refractivity contribution < 1.29 is 29.9 Å². The van der Waals surface area contributed by atoms with Gasteiger partial charge in [0.2, 0.25) is 0 Å². The van der Waals surface area contributed by atoms with E-state index in [0.29, 0.717) is 11.0 Å². The minimum atomic E-state index is -1.37. The Morgan fingerprint density at radius 2 is 1.80 bits per heavy atom. The average Bonchev–Trinajstić information content (AvgIpc) is 2.25. The third kappa shape index (κ3) is 3.22. The van der Waals surface area contributed by atoms with E-state index in [0.717, 1.165) is 0 Å². The maximum atomic E-state index is 9.50. The lowest BCUT2D eigenvalue weighted by Crippen LogP contribution is -2.59. The summed E-state index contributed by atoms with van der Waals surface area (Å²) in [5.41, 5.74) is 0. The van der Waals surface area contributed by atoms with Crippen LogP contribution in [0.4, 0.5) is 0 Å². The minimum Gasteiger partial charge on any atom is -0.394 e. The Kier molecular flexibility index (Phi) is 5.68. The summed E-state index contributed by atoms with van der Waals surface area (Å²) < 4.78 is 10.9. The molecule has 1 aliphatic rings. The van der Waals surface area contributed by atoms with Crippen LogP contribution in [-0.4, -0.2) is 68.8 Å². The first-order valence-corrected chi connectivity index (χ1v) is 6.12. The monoisotopic (exact) mass is 331 g/mol. The van der Waals surface area contributed by atoms with Gasteiger partial charge < -0.3 is 29.9 Å². The summed E-state index contributed by atoms with van der Waals surface area (Å²) in [7, 11) is 0. The van der Waals surface area contributed by atoms with Crippen LogP contribution in [0.25, 0.3) is 0 Å². The van der Waals surface area contributed by atoms with E-state index in [1.807, 2.05) is 0 Å². The maximum Gasteiger partial charge on any atom is 0.186 e. The fourth-order valence-electron chi connectivity index (χ4n) is 1.37. The van der Waals surface area contributed by atoms with E-state index >= 15 is 0 Å². The molecular weight excluding hydrogens is 316 g/mol. The molecule has 1 rings (SSSR count). The van der Waals surface area contributed by atoms with Crippen molar-refractivity contribution in [1.82, 2.24) is 0 Å². The molecule has 6 nitrogen and oxygen atoms in total. The number of aliphatic hydroxyl groups is 4. The van der Waals surface area contributed by atoms with Crippen molar-refractivity contribution in [2.75, 3.05) is 17.6 Å². The van der Waals surface area contributed by atoms with Crippen molar-refractivity contribution in [3.05, 3.63) is 0 Å². The summed E-state index contributed by atoms with van der Waals surface area (Å²) in [6.45, 7) is -0.0711. The highest BCUT2D eigenvalue weighted by Crippen LogP contribution is 2.21. The highest BCUT2D eigenvalue weighted by Gasteiger charge is 2.43. The van der Waals surface area contributed by atoms with E-state index in [1.54, 1.807) is 0 Å². The molecule has 4 N–H and O–H groups in total. The largest absolute Gasteiger partial charge is 0.394 e. The van der Waals surface area contributed by atoms with Gasteiger partial charge in [0.15, 0.2) is 6.29 Å². The van der Waals surface area contributed by atoms with Crippen LogP contribution in [0.2, 0.25) is 0 Å². The van der Waals surface area contributed by atoms with Crippen molar-refractivity contribution in [1.29, 1.82) is 0 Å². The molecule has 90 valence electrons. The Hall–Kier alpha value is 0.490. The van der Waals surface area contributed by atoms with Gasteiger partial charge in [0, 0.05) is 4.43 Å².